The predicted octanol–water partition coefficient (Wildman–Crippen LogP) is 3.47. The van der Waals surface area contributed by atoms with Crippen molar-refractivity contribution in [2.75, 3.05) is 10.8 Å². The molecule has 5 heteroatoms. The number of alkyl halides is 4. The van der Waals surface area contributed by atoms with E-state index in [1.807, 2.05) is 0 Å². The van der Waals surface area contributed by atoms with Gasteiger partial charge < -0.3 is 5.32 Å². The molecule has 0 amide bonds. The van der Waals surface area contributed by atoms with Crippen LogP contribution in [-0.2, 0) is 6.18 Å². The summed E-state index contributed by atoms with van der Waals surface area (Å²) in [6.45, 7) is 0. The number of halogens is 4. The van der Waals surface area contributed by atoms with Gasteiger partial charge in [0, 0.05) is 5.69 Å². The fourth-order valence-electron chi connectivity index (χ4n) is 0.956. The van der Waals surface area contributed by atoms with E-state index in [0.717, 1.165) is 6.07 Å². The van der Waals surface area contributed by atoms with Crippen LogP contribution in [0.2, 0.25) is 0 Å². The van der Waals surface area contributed by atoms with Crippen molar-refractivity contribution in [1.82, 2.24) is 0 Å². The Labute approximate surface area is 82.1 Å². The first-order chi connectivity index (χ1) is 6.05. The van der Waals surface area contributed by atoms with Gasteiger partial charge in [0.25, 0.3) is 0 Å². The van der Waals surface area contributed by atoms with E-state index in [-0.39, 0.29) is 5.69 Å². The van der Waals surface area contributed by atoms with Gasteiger partial charge in [-0.2, -0.15) is 13.2 Å². The smallest absolute Gasteiger partial charge is 0.375 e. The van der Waals surface area contributed by atoms with Gasteiger partial charge in [-0.3, -0.25) is 0 Å². The molecule has 0 aromatic heterocycles. The minimum absolute atomic E-state index is 0.0897. The Bertz CT molecular complexity index is 285. The lowest BCUT2D eigenvalue weighted by molar-refractivity contribution is -0.136. The number of hydrogen-bond donors (Lipinski definition) is 1. The van der Waals surface area contributed by atoms with Crippen molar-refractivity contribution in [3.63, 3.8) is 0 Å². The molecule has 0 aliphatic rings. The zero-order valence-electron chi connectivity index (χ0n) is 6.53. The predicted molar refractivity (Wildman–Crippen MR) is 48.9 cm³/mol. The van der Waals surface area contributed by atoms with Gasteiger partial charge in [0.05, 0.1) is 11.0 Å². The molecule has 1 nitrogen and oxygen atoms in total. The van der Waals surface area contributed by atoms with Gasteiger partial charge in [0.2, 0.25) is 0 Å². The average Bonchev–Trinajstić information content (AvgIpc) is 2.04. The van der Waals surface area contributed by atoms with Crippen molar-refractivity contribution in [2.24, 2.45) is 0 Å². The van der Waals surface area contributed by atoms with Crippen LogP contribution in [0, 0.1) is 0 Å². The largest absolute Gasteiger partial charge is 0.418 e. The molecule has 72 valence electrons. The van der Waals surface area contributed by atoms with Crippen LogP contribution >= 0.6 is 15.9 Å². The summed E-state index contributed by atoms with van der Waals surface area (Å²) in [5, 5.41) is 2.58. The minimum Gasteiger partial charge on any atom is -0.375 e. The molecular weight excluding hydrogens is 247 g/mol. The second kappa shape index (κ2) is 4.00. The Morgan fingerprint density at radius 2 is 1.85 bits per heavy atom. The molecule has 13 heavy (non-hydrogen) atoms. The number of anilines is 1. The lowest BCUT2D eigenvalue weighted by atomic mass is 10.2. The van der Waals surface area contributed by atoms with Crippen molar-refractivity contribution >= 4 is 21.6 Å². The molecule has 1 aromatic carbocycles. The summed E-state index contributed by atoms with van der Waals surface area (Å²) in [4.78, 5) is 0. The lowest BCUT2D eigenvalue weighted by Gasteiger charge is -2.12. The van der Waals surface area contributed by atoms with Gasteiger partial charge in [-0.25, -0.2) is 0 Å². The van der Waals surface area contributed by atoms with Crippen LogP contribution in [0.25, 0.3) is 0 Å². The van der Waals surface area contributed by atoms with E-state index in [9.17, 15) is 13.2 Å². The van der Waals surface area contributed by atoms with E-state index in [2.05, 4.69) is 21.2 Å². The van der Waals surface area contributed by atoms with Crippen LogP contribution in [0.3, 0.4) is 0 Å². The molecule has 0 saturated carbocycles. The van der Waals surface area contributed by atoms with Gasteiger partial charge >= 0.3 is 6.18 Å². The third kappa shape index (κ3) is 2.62. The molecule has 0 fully saturated rings. The highest BCUT2D eigenvalue weighted by Crippen LogP contribution is 2.34. The summed E-state index contributed by atoms with van der Waals surface area (Å²) in [6, 6.07) is 5.36. The Morgan fingerprint density at radius 3 is 2.38 bits per heavy atom. The highest BCUT2D eigenvalue weighted by Gasteiger charge is 2.32. The van der Waals surface area contributed by atoms with Gasteiger partial charge in [0.1, 0.15) is 0 Å². The molecule has 1 N–H and O–H groups in total. The second-order valence-electron chi connectivity index (χ2n) is 2.35. The fourth-order valence-corrected chi connectivity index (χ4v) is 1.26. The molecule has 0 bridgehead atoms. The molecular formula is C8H7BrF3N. The molecule has 0 aliphatic heterocycles. The topological polar surface area (TPSA) is 12.0 Å². The van der Waals surface area contributed by atoms with E-state index in [1.54, 1.807) is 6.07 Å². The number of nitrogens with one attached hydrogen (secondary N) is 1. The van der Waals surface area contributed by atoms with Gasteiger partial charge in [-0.05, 0) is 12.1 Å². The maximum Gasteiger partial charge on any atom is 0.418 e. The quantitative estimate of drug-likeness (QED) is 0.629. The van der Waals surface area contributed by atoms with Crippen molar-refractivity contribution in [1.29, 1.82) is 0 Å². The van der Waals surface area contributed by atoms with Crippen molar-refractivity contribution in [3.05, 3.63) is 29.8 Å². The summed E-state index contributed by atoms with van der Waals surface area (Å²) in [7, 11) is 0. The molecule has 1 rings (SSSR count). The lowest BCUT2D eigenvalue weighted by Crippen LogP contribution is -2.09. The zero-order chi connectivity index (χ0) is 9.90. The summed E-state index contributed by atoms with van der Waals surface area (Å²) in [5.41, 5.74) is -0.263. The maximum absolute atomic E-state index is 12.3. The number of hydrogen-bond acceptors (Lipinski definition) is 1. The number of para-hydroxylation sites is 1. The Balaban J connectivity index is 3.05. The van der Waals surface area contributed by atoms with Crippen LogP contribution in [0.15, 0.2) is 24.3 Å². The normalized spacial score (nSPS) is 11.4. The van der Waals surface area contributed by atoms with Crippen LogP contribution in [0.1, 0.15) is 5.56 Å². The summed E-state index contributed by atoms with van der Waals surface area (Å²) >= 11 is 3.01. The van der Waals surface area contributed by atoms with Crippen LogP contribution in [-0.4, -0.2) is 5.45 Å². The molecule has 0 aliphatic carbocycles. The molecule has 0 atom stereocenters. The Kier molecular flexibility index (Phi) is 3.19. The van der Waals surface area contributed by atoms with E-state index in [0.29, 0.717) is 5.45 Å². The molecule has 0 radical (unpaired) electrons. The van der Waals surface area contributed by atoms with E-state index >= 15 is 0 Å². The van der Waals surface area contributed by atoms with Crippen LogP contribution < -0.4 is 5.32 Å². The zero-order valence-corrected chi connectivity index (χ0v) is 8.11. The Morgan fingerprint density at radius 1 is 1.23 bits per heavy atom. The second-order valence-corrected chi connectivity index (χ2v) is 2.91. The van der Waals surface area contributed by atoms with Crippen molar-refractivity contribution < 1.29 is 13.2 Å². The molecule has 1 aromatic rings. The highest BCUT2D eigenvalue weighted by atomic mass is 79.9. The molecule has 0 saturated heterocycles. The monoisotopic (exact) mass is 253 g/mol. The number of rotatable bonds is 2. The van der Waals surface area contributed by atoms with Gasteiger partial charge in [-0.15, -0.1) is 0 Å². The van der Waals surface area contributed by atoms with E-state index < -0.39 is 11.7 Å². The minimum atomic E-state index is -4.30. The molecule has 0 spiro atoms. The van der Waals surface area contributed by atoms with Crippen molar-refractivity contribution in [2.45, 2.75) is 6.18 Å². The average molecular weight is 254 g/mol. The Hall–Kier alpha value is -0.710. The van der Waals surface area contributed by atoms with E-state index in [4.69, 9.17) is 0 Å². The fraction of sp³-hybridized carbons (Fsp3) is 0.250. The first kappa shape index (κ1) is 10.4. The first-order valence-electron chi connectivity index (χ1n) is 3.52. The third-order valence-electron chi connectivity index (χ3n) is 1.49. The van der Waals surface area contributed by atoms with Gasteiger partial charge in [0.15, 0.2) is 0 Å². The summed E-state index contributed by atoms with van der Waals surface area (Å²) < 4.78 is 36.9. The maximum atomic E-state index is 12.3. The van der Waals surface area contributed by atoms with Crippen molar-refractivity contribution in [3.8, 4) is 0 Å². The molecule has 0 unspecified atom stereocenters. The summed E-state index contributed by atoms with van der Waals surface area (Å²) in [5.74, 6) is 0. The summed E-state index contributed by atoms with van der Waals surface area (Å²) in [6.07, 6.45) is -4.30. The van der Waals surface area contributed by atoms with E-state index in [1.165, 1.54) is 12.1 Å². The molecule has 0 heterocycles. The first-order valence-corrected chi connectivity index (χ1v) is 4.64. The number of benzene rings is 1. The third-order valence-corrected chi connectivity index (χ3v) is 1.77. The van der Waals surface area contributed by atoms with Crippen LogP contribution in [0.5, 0.6) is 0 Å². The SMILES string of the molecule is FC(F)(F)c1ccccc1NCBr. The van der Waals surface area contributed by atoms with Crippen LogP contribution in [0.4, 0.5) is 18.9 Å². The van der Waals surface area contributed by atoms with Gasteiger partial charge in [-0.1, -0.05) is 28.1 Å². The standard InChI is InChI=1S/C8H7BrF3N/c9-5-13-7-4-2-1-3-6(7)8(10,11)12/h1-4,13H,5H2. The highest BCUT2D eigenvalue weighted by molar-refractivity contribution is 9.09.